The van der Waals surface area contributed by atoms with Gasteiger partial charge in [-0.05, 0) is 12.0 Å². The Hall–Kier alpha value is -0.630. The minimum absolute atomic E-state index is 0. The molecular weight excluding hydrogens is 421 g/mol. The van der Waals surface area contributed by atoms with E-state index in [4.69, 9.17) is 0 Å². The lowest BCUT2D eigenvalue weighted by Gasteiger charge is -2.11. The predicted molar refractivity (Wildman–Crippen MR) is 112 cm³/mol. The Morgan fingerprint density at radius 3 is 2.43 bits per heavy atom. The van der Waals surface area contributed by atoms with Crippen LogP contribution in [0.4, 0.5) is 0 Å². The van der Waals surface area contributed by atoms with Crippen molar-refractivity contribution in [1.29, 1.82) is 0 Å². The van der Waals surface area contributed by atoms with Gasteiger partial charge in [-0.1, -0.05) is 56.5 Å². The van der Waals surface area contributed by atoms with Gasteiger partial charge in [-0.3, -0.25) is 9.20 Å². The van der Waals surface area contributed by atoms with Crippen molar-refractivity contribution in [2.45, 2.75) is 38.4 Å². The highest BCUT2D eigenvalue weighted by atomic mass is 127. The van der Waals surface area contributed by atoms with Gasteiger partial charge in [0, 0.05) is 42.4 Å². The molecule has 0 aliphatic carbocycles. The van der Waals surface area contributed by atoms with E-state index >= 15 is 0 Å². The highest BCUT2D eigenvalue weighted by Gasteiger charge is 2.02. The summed E-state index contributed by atoms with van der Waals surface area (Å²) in [5, 5.41) is 6.51. The first-order valence-electron chi connectivity index (χ1n) is 8.09. The molecule has 1 aromatic rings. The second-order valence-electron chi connectivity index (χ2n) is 5.26. The average molecular weight is 451 g/mol. The smallest absolute Gasteiger partial charge is 0.191 e. The van der Waals surface area contributed by atoms with Crippen LogP contribution >= 0.6 is 24.0 Å². The number of rotatable bonds is 10. The lowest BCUT2D eigenvalue weighted by Crippen LogP contribution is -2.39. The molecule has 1 rings (SSSR count). The van der Waals surface area contributed by atoms with E-state index in [1.165, 1.54) is 19.3 Å². The van der Waals surface area contributed by atoms with Crippen molar-refractivity contribution in [3.05, 3.63) is 35.9 Å². The van der Waals surface area contributed by atoms with E-state index in [9.17, 15) is 4.21 Å². The van der Waals surface area contributed by atoms with Crippen LogP contribution in [0.2, 0.25) is 0 Å². The zero-order valence-corrected chi connectivity index (χ0v) is 17.4. The normalized spacial score (nSPS) is 12.3. The summed E-state index contributed by atoms with van der Waals surface area (Å²) >= 11 is 0. The summed E-state index contributed by atoms with van der Waals surface area (Å²) in [5.41, 5.74) is 1.12. The first kappa shape index (κ1) is 22.4. The molecular formula is C17H30IN3OS. The molecule has 0 saturated heterocycles. The fourth-order valence-corrected chi connectivity index (χ4v) is 3.13. The molecule has 0 spiro atoms. The first-order valence-corrected chi connectivity index (χ1v) is 9.58. The standard InChI is InChI=1S/C17H29N3OS.HI/c1-3-4-5-9-12-19-17(18-2)20-13-14-22(21)15-16-10-7-6-8-11-16;/h6-8,10-11H,3-5,9,12-15H2,1-2H3,(H2,18,19,20);1H. The van der Waals surface area contributed by atoms with Crippen LogP contribution in [0.15, 0.2) is 35.3 Å². The van der Waals surface area contributed by atoms with Crippen LogP contribution in [0, 0.1) is 0 Å². The Morgan fingerprint density at radius 2 is 1.78 bits per heavy atom. The van der Waals surface area contributed by atoms with E-state index in [-0.39, 0.29) is 24.0 Å². The minimum atomic E-state index is -0.845. The number of hydrogen-bond acceptors (Lipinski definition) is 2. The van der Waals surface area contributed by atoms with Crippen molar-refractivity contribution in [2.75, 3.05) is 25.9 Å². The van der Waals surface area contributed by atoms with Crippen LogP contribution in [-0.4, -0.2) is 36.1 Å². The van der Waals surface area contributed by atoms with Gasteiger partial charge in [0.1, 0.15) is 0 Å². The molecule has 0 saturated carbocycles. The largest absolute Gasteiger partial charge is 0.356 e. The van der Waals surface area contributed by atoms with Crippen molar-refractivity contribution in [2.24, 2.45) is 4.99 Å². The number of halogens is 1. The first-order chi connectivity index (χ1) is 10.8. The molecule has 6 heteroatoms. The zero-order chi connectivity index (χ0) is 16.0. The van der Waals surface area contributed by atoms with Crippen LogP contribution in [0.3, 0.4) is 0 Å². The summed E-state index contributed by atoms with van der Waals surface area (Å²) in [6.45, 7) is 3.82. The molecule has 0 aliphatic rings. The molecule has 2 N–H and O–H groups in total. The third-order valence-corrected chi connectivity index (χ3v) is 4.65. The van der Waals surface area contributed by atoms with Gasteiger partial charge in [0.2, 0.25) is 0 Å². The molecule has 4 nitrogen and oxygen atoms in total. The molecule has 1 aromatic carbocycles. The summed E-state index contributed by atoms with van der Waals surface area (Å²) < 4.78 is 12.0. The third kappa shape index (κ3) is 11.5. The summed E-state index contributed by atoms with van der Waals surface area (Å²) in [7, 11) is 0.921. The molecule has 0 amide bonds. The Bertz CT molecular complexity index is 454. The van der Waals surface area contributed by atoms with Crippen molar-refractivity contribution >= 4 is 40.7 Å². The summed E-state index contributed by atoms with van der Waals surface area (Å²) in [6.07, 6.45) is 4.95. The number of guanidine groups is 1. The topological polar surface area (TPSA) is 53.5 Å². The van der Waals surface area contributed by atoms with E-state index in [0.717, 1.165) is 24.5 Å². The molecule has 132 valence electrons. The van der Waals surface area contributed by atoms with E-state index in [0.29, 0.717) is 18.1 Å². The van der Waals surface area contributed by atoms with E-state index in [2.05, 4.69) is 22.5 Å². The molecule has 0 aliphatic heterocycles. The molecule has 1 unspecified atom stereocenters. The number of aliphatic imine (C=N–C) groups is 1. The van der Waals surface area contributed by atoms with Crippen LogP contribution in [0.5, 0.6) is 0 Å². The summed E-state index contributed by atoms with van der Waals surface area (Å²) in [5.74, 6) is 2.05. The van der Waals surface area contributed by atoms with Crippen molar-refractivity contribution < 1.29 is 4.21 Å². The van der Waals surface area contributed by atoms with Gasteiger partial charge in [-0.25, -0.2) is 0 Å². The highest BCUT2D eigenvalue weighted by molar-refractivity contribution is 14.0. The Balaban J connectivity index is 0.00000484. The van der Waals surface area contributed by atoms with Crippen molar-refractivity contribution in [1.82, 2.24) is 10.6 Å². The van der Waals surface area contributed by atoms with Crippen LogP contribution < -0.4 is 10.6 Å². The Labute approximate surface area is 160 Å². The lowest BCUT2D eigenvalue weighted by molar-refractivity contribution is 0.648. The Kier molecular flexibility index (Phi) is 14.5. The summed E-state index contributed by atoms with van der Waals surface area (Å²) in [6, 6.07) is 9.97. The van der Waals surface area contributed by atoms with Crippen LogP contribution in [-0.2, 0) is 16.6 Å². The number of benzene rings is 1. The molecule has 0 fully saturated rings. The highest BCUT2D eigenvalue weighted by Crippen LogP contribution is 2.02. The van der Waals surface area contributed by atoms with E-state index in [1.807, 2.05) is 30.3 Å². The van der Waals surface area contributed by atoms with Crippen LogP contribution in [0.1, 0.15) is 38.2 Å². The summed E-state index contributed by atoms with van der Waals surface area (Å²) in [4.78, 5) is 4.18. The molecule has 1 atom stereocenters. The molecule has 0 bridgehead atoms. The maximum absolute atomic E-state index is 12.0. The van der Waals surface area contributed by atoms with E-state index in [1.54, 1.807) is 7.05 Å². The van der Waals surface area contributed by atoms with Crippen LogP contribution in [0.25, 0.3) is 0 Å². The second-order valence-corrected chi connectivity index (χ2v) is 6.84. The maximum Gasteiger partial charge on any atom is 0.191 e. The van der Waals surface area contributed by atoms with Gasteiger partial charge in [-0.2, -0.15) is 0 Å². The molecule has 0 radical (unpaired) electrons. The Morgan fingerprint density at radius 1 is 1.09 bits per heavy atom. The monoisotopic (exact) mass is 451 g/mol. The molecule has 0 heterocycles. The van der Waals surface area contributed by atoms with Crippen molar-refractivity contribution in [3.8, 4) is 0 Å². The van der Waals surface area contributed by atoms with Gasteiger partial charge in [0.25, 0.3) is 0 Å². The van der Waals surface area contributed by atoms with Gasteiger partial charge < -0.3 is 10.6 Å². The zero-order valence-electron chi connectivity index (χ0n) is 14.2. The average Bonchev–Trinajstić information content (AvgIpc) is 2.54. The number of hydrogen-bond donors (Lipinski definition) is 2. The minimum Gasteiger partial charge on any atom is -0.356 e. The number of unbranched alkanes of at least 4 members (excludes halogenated alkanes) is 3. The second kappa shape index (κ2) is 14.9. The maximum atomic E-state index is 12.0. The lowest BCUT2D eigenvalue weighted by atomic mass is 10.2. The predicted octanol–water partition coefficient (Wildman–Crippen LogP) is 3.30. The van der Waals surface area contributed by atoms with Gasteiger partial charge in [-0.15, -0.1) is 24.0 Å². The number of nitrogens with one attached hydrogen (secondary N) is 2. The van der Waals surface area contributed by atoms with E-state index < -0.39 is 10.8 Å². The third-order valence-electron chi connectivity index (χ3n) is 3.34. The fraction of sp³-hybridized carbons (Fsp3) is 0.588. The molecule has 23 heavy (non-hydrogen) atoms. The quantitative estimate of drug-likeness (QED) is 0.249. The van der Waals surface area contributed by atoms with Gasteiger partial charge >= 0.3 is 0 Å². The SMILES string of the molecule is CCCCCCNC(=NC)NCCS(=O)Cc1ccccc1.I. The number of nitrogens with zero attached hydrogens (tertiary/aromatic N) is 1. The van der Waals surface area contributed by atoms with Crippen molar-refractivity contribution in [3.63, 3.8) is 0 Å². The molecule has 0 aromatic heterocycles. The fourth-order valence-electron chi connectivity index (χ4n) is 2.09. The van der Waals surface area contributed by atoms with Gasteiger partial charge in [0.15, 0.2) is 5.96 Å². The van der Waals surface area contributed by atoms with Gasteiger partial charge in [0.05, 0.1) is 0 Å².